The maximum absolute atomic E-state index is 6.00. The molecule has 2 nitrogen and oxygen atoms in total. The van der Waals surface area contributed by atoms with E-state index < -0.39 is 0 Å². The number of thiocarbonyl (C=S) groups is 2. The topological polar surface area (TPSA) is 6.48 Å². The largest absolute Gasteiger partial charge is 0.341 e. The third kappa shape index (κ3) is 20.4. The van der Waals surface area contributed by atoms with Crippen LogP contribution in [-0.2, 0) is 0 Å². The van der Waals surface area contributed by atoms with E-state index in [0.717, 1.165) is 43.3 Å². The van der Waals surface area contributed by atoms with Gasteiger partial charge in [0.25, 0.3) is 0 Å². The van der Waals surface area contributed by atoms with Crippen molar-refractivity contribution in [3.8, 4) is 0 Å². The molecular weight excluding hydrogens is 481 g/mol. The first-order valence-electron chi connectivity index (χ1n) is 14.2. The Morgan fingerprint density at radius 2 is 0.818 bits per heavy atom. The highest BCUT2D eigenvalue weighted by Gasteiger charge is 2.16. The van der Waals surface area contributed by atoms with Crippen molar-refractivity contribution in [2.45, 2.75) is 130 Å². The molecule has 0 amide bonds. The van der Waals surface area contributed by atoms with Crippen LogP contribution in [-0.4, -0.2) is 49.7 Å². The molecule has 0 rings (SSSR count). The molecule has 0 heterocycles. The minimum Gasteiger partial charge on any atom is -0.341 e. The molecule has 0 saturated heterocycles. The zero-order valence-electron chi connectivity index (χ0n) is 22.6. The molecule has 0 aliphatic carbocycles. The summed E-state index contributed by atoms with van der Waals surface area (Å²) in [5, 5.41) is 0. The van der Waals surface area contributed by atoms with Crippen LogP contribution in [0, 0.1) is 0 Å². The first-order chi connectivity index (χ1) is 16.1. The van der Waals surface area contributed by atoms with Gasteiger partial charge < -0.3 is 9.80 Å². The van der Waals surface area contributed by atoms with Gasteiger partial charge in [0.2, 0.25) is 0 Å². The second-order valence-corrected chi connectivity index (χ2v) is 13.5. The monoisotopic (exact) mass is 538 g/mol. The van der Waals surface area contributed by atoms with Gasteiger partial charge in [-0.15, -0.1) is 0 Å². The van der Waals surface area contributed by atoms with Crippen LogP contribution in [0.1, 0.15) is 130 Å². The van der Waals surface area contributed by atoms with E-state index in [4.69, 9.17) is 24.4 Å². The van der Waals surface area contributed by atoms with Crippen molar-refractivity contribution in [2.24, 2.45) is 0 Å². The van der Waals surface area contributed by atoms with Crippen LogP contribution in [0.15, 0.2) is 0 Å². The molecular formula is C27H58N2S4. The van der Waals surface area contributed by atoms with Gasteiger partial charge in [-0.05, 0) is 37.2 Å². The third-order valence-corrected chi connectivity index (χ3v) is 9.92. The van der Waals surface area contributed by atoms with Crippen LogP contribution in [0.5, 0.6) is 0 Å². The van der Waals surface area contributed by atoms with Gasteiger partial charge in [-0.2, -0.15) is 0 Å². The summed E-state index contributed by atoms with van der Waals surface area (Å²) >= 11 is 13.6. The van der Waals surface area contributed by atoms with E-state index in [9.17, 15) is 0 Å². The van der Waals surface area contributed by atoms with Gasteiger partial charge in [-0.25, -0.2) is 23.5 Å². The molecule has 6 heteroatoms. The van der Waals surface area contributed by atoms with Crippen molar-refractivity contribution in [1.29, 1.82) is 0 Å². The van der Waals surface area contributed by atoms with Gasteiger partial charge >= 0.3 is 0 Å². The third-order valence-electron chi connectivity index (χ3n) is 6.09. The maximum atomic E-state index is 6.00. The molecule has 0 aliphatic rings. The van der Waals surface area contributed by atoms with Crippen LogP contribution < -0.4 is 0 Å². The van der Waals surface area contributed by atoms with Crippen LogP contribution in [0.2, 0.25) is 0 Å². The highest BCUT2D eigenvalue weighted by molar-refractivity contribution is 8.23. The average molecular weight is 539 g/mol. The Balaban J connectivity index is 4.92. The predicted octanol–water partition coefficient (Wildman–Crippen LogP) is 8.83. The van der Waals surface area contributed by atoms with Gasteiger partial charge in [0.15, 0.2) is 0 Å². The highest BCUT2D eigenvalue weighted by atomic mass is 32.2. The standard InChI is InChI=1S/C27H58N2S4/c1-5-9-13-17-21-28(26(30)32-23-19-15-11-7-3)25-29(22-18-14-10-6-2)27(31)33-24-20-16-12-8-4/h5-25,32-33H2,1-4H3. The number of hydrogen-bond donors (Lipinski definition) is 0. The molecule has 0 unspecified atom stereocenters. The van der Waals surface area contributed by atoms with Gasteiger partial charge in [-0.3, -0.25) is 0 Å². The fourth-order valence-corrected chi connectivity index (χ4v) is 6.86. The Morgan fingerprint density at radius 1 is 0.485 bits per heavy atom. The van der Waals surface area contributed by atoms with E-state index in [1.165, 1.54) is 123 Å². The molecule has 0 N–H and O–H groups in total. The van der Waals surface area contributed by atoms with Gasteiger partial charge in [0.1, 0.15) is 8.64 Å². The van der Waals surface area contributed by atoms with Crippen molar-refractivity contribution >= 4 is 56.6 Å². The zero-order valence-corrected chi connectivity index (χ0v) is 26.2. The first kappa shape index (κ1) is 33.5. The molecule has 0 atom stereocenters. The Labute approximate surface area is 227 Å². The molecule has 33 heavy (non-hydrogen) atoms. The number of unbranched alkanes of at least 4 members (excludes halogenated alkanes) is 12. The molecule has 0 aromatic carbocycles. The SMILES string of the molecule is CCCCCC[SH2]C(=S)N(CCCCCC)CN(CCCCCC)C(=S)[SH2]CCCCCC. The Hall–Kier alpha value is 0.480. The fourth-order valence-electron chi connectivity index (χ4n) is 3.86. The van der Waals surface area contributed by atoms with E-state index in [1.807, 2.05) is 0 Å². The normalized spacial score (nSPS) is 12.2. The Kier molecular flexibility index (Phi) is 25.9. The summed E-state index contributed by atoms with van der Waals surface area (Å²) in [7, 11) is 0. The van der Waals surface area contributed by atoms with Gasteiger partial charge in [0.05, 0.1) is 6.67 Å². The van der Waals surface area contributed by atoms with Crippen molar-refractivity contribution in [1.82, 2.24) is 9.80 Å². The van der Waals surface area contributed by atoms with E-state index in [0.29, 0.717) is 0 Å². The molecule has 0 bridgehead atoms. The minimum atomic E-state index is 0.796. The van der Waals surface area contributed by atoms with Crippen molar-refractivity contribution in [2.75, 3.05) is 31.3 Å². The summed E-state index contributed by atoms with van der Waals surface area (Å²) in [6.45, 7) is 12.3. The predicted molar refractivity (Wildman–Crippen MR) is 171 cm³/mol. The van der Waals surface area contributed by atoms with Gasteiger partial charge in [-0.1, -0.05) is 129 Å². The molecule has 200 valence electrons. The molecule has 0 saturated carbocycles. The second kappa shape index (κ2) is 25.6. The van der Waals surface area contributed by atoms with Crippen molar-refractivity contribution in [3.63, 3.8) is 0 Å². The maximum Gasteiger partial charge on any atom is 0.115 e. The Bertz CT molecular complexity index is 419. The molecule has 0 fully saturated rings. The first-order valence-corrected chi connectivity index (χ1v) is 17.4. The van der Waals surface area contributed by atoms with Crippen molar-refractivity contribution < 1.29 is 0 Å². The van der Waals surface area contributed by atoms with E-state index >= 15 is 0 Å². The summed E-state index contributed by atoms with van der Waals surface area (Å²) in [6, 6.07) is 0. The van der Waals surface area contributed by atoms with Gasteiger partial charge in [0, 0.05) is 13.1 Å². The van der Waals surface area contributed by atoms with E-state index in [2.05, 4.69) is 37.5 Å². The summed E-state index contributed by atoms with van der Waals surface area (Å²) in [5.41, 5.74) is 0. The minimum absolute atomic E-state index is 0.796. The second-order valence-electron chi connectivity index (χ2n) is 9.37. The lowest BCUT2D eigenvalue weighted by atomic mass is 10.2. The van der Waals surface area contributed by atoms with Crippen LogP contribution >= 0.6 is 48.0 Å². The summed E-state index contributed by atoms with van der Waals surface area (Å²) in [5.74, 6) is 2.54. The zero-order chi connectivity index (χ0) is 24.6. The number of hydrogen-bond acceptors (Lipinski definition) is 2. The van der Waals surface area contributed by atoms with E-state index in [-0.39, 0.29) is 0 Å². The summed E-state index contributed by atoms with van der Waals surface area (Å²) in [6.07, 6.45) is 21.1. The molecule has 0 aromatic heterocycles. The molecule has 0 aliphatic heterocycles. The number of rotatable bonds is 22. The molecule has 0 spiro atoms. The molecule has 0 radical (unpaired) electrons. The number of nitrogens with zero attached hydrogens (tertiary/aromatic N) is 2. The lowest BCUT2D eigenvalue weighted by molar-refractivity contribution is 0.275. The smallest absolute Gasteiger partial charge is 0.115 e. The summed E-state index contributed by atoms with van der Waals surface area (Å²) < 4.78 is 2.41. The highest BCUT2D eigenvalue weighted by Crippen LogP contribution is 2.19. The quantitative estimate of drug-likeness (QED) is 0.0771. The van der Waals surface area contributed by atoms with Crippen LogP contribution in [0.4, 0.5) is 0 Å². The van der Waals surface area contributed by atoms with Crippen LogP contribution in [0.3, 0.4) is 0 Å². The van der Waals surface area contributed by atoms with Crippen molar-refractivity contribution in [3.05, 3.63) is 0 Å². The lowest BCUT2D eigenvalue weighted by Crippen LogP contribution is -2.42. The summed E-state index contributed by atoms with van der Waals surface area (Å²) in [4.78, 5) is 5.05. The lowest BCUT2D eigenvalue weighted by Gasteiger charge is -2.34. The van der Waals surface area contributed by atoms with E-state index in [1.54, 1.807) is 0 Å². The molecule has 0 aromatic rings. The Morgan fingerprint density at radius 3 is 1.15 bits per heavy atom. The average Bonchev–Trinajstić information content (AvgIpc) is 2.81. The van der Waals surface area contributed by atoms with Crippen LogP contribution in [0.25, 0.3) is 0 Å². The fraction of sp³-hybridized carbons (Fsp3) is 0.926.